The minimum absolute atomic E-state index is 0.0292. The van der Waals surface area contributed by atoms with Crippen LogP contribution >= 0.6 is 0 Å². The Kier molecular flexibility index (Phi) is 14.6. The summed E-state index contributed by atoms with van der Waals surface area (Å²) in [5.41, 5.74) is 2.19. The van der Waals surface area contributed by atoms with Gasteiger partial charge < -0.3 is 39.4 Å². The zero-order chi connectivity index (χ0) is 54.1. The maximum absolute atomic E-state index is 17.1. The molecular weight excluding hydrogens is 985 g/mol. The van der Waals surface area contributed by atoms with Crippen molar-refractivity contribution in [1.29, 1.82) is 0 Å². The van der Waals surface area contributed by atoms with Gasteiger partial charge in [0.2, 0.25) is 11.8 Å². The smallest absolute Gasteiger partial charge is 0.329 e. The van der Waals surface area contributed by atoms with E-state index in [0.717, 1.165) is 52.8 Å². The molecule has 400 valence electrons. The fourth-order valence-electron chi connectivity index (χ4n) is 12.9. The number of morpholine rings is 1. The number of imide groups is 1. The SMILES string of the molecule is COc1cc2c(cc1OC)CN(C(=O)[C@@H]1[C@H]3C(=O)O[C@H](c4ccccc4)[C@H](c4ccccc4)N3[C@H](c3cccc(OCCO)c3)[C@@]13C(=O)N(C(=O)N[C@H](C)c1ccccc1)c1ccc(C#CC4(O)CCCCCC4)cc13)CC2. The molecule has 0 bridgehead atoms. The number of aliphatic hydroxyl groups excluding tert-OH is 1. The normalized spacial score (nSPS) is 23.6. The number of ether oxygens (including phenoxy) is 4. The van der Waals surface area contributed by atoms with Crippen molar-refractivity contribution in [3.63, 3.8) is 0 Å². The largest absolute Gasteiger partial charge is 0.493 e. The van der Waals surface area contributed by atoms with Gasteiger partial charge in [-0.25, -0.2) is 9.69 Å². The summed E-state index contributed by atoms with van der Waals surface area (Å²) < 4.78 is 24.3. The number of fused-ring (bicyclic) bond motifs is 4. The molecule has 11 rings (SSSR count). The zero-order valence-electron chi connectivity index (χ0n) is 44.1. The molecule has 0 aromatic heterocycles. The summed E-state index contributed by atoms with van der Waals surface area (Å²) >= 11 is 0. The van der Waals surface area contributed by atoms with Crippen molar-refractivity contribution in [2.45, 2.75) is 99.7 Å². The first-order chi connectivity index (χ1) is 38.0. The summed E-state index contributed by atoms with van der Waals surface area (Å²) in [6, 6.07) is 40.0. The van der Waals surface area contributed by atoms with E-state index in [1.54, 1.807) is 55.5 Å². The van der Waals surface area contributed by atoms with Gasteiger partial charge in [0, 0.05) is 18.7 Å². The van der Waals surface area contributed by atoms with Crippen LogP contribution in [-0.2, 0) is 37.5 Å². The summed E-state index contributed by atoms with van der Waals surface area (Å²) in [4.78, 5) is 70.1. The van der Waals surface area contributed by atoms with E-state index in [2.05, 4.69) is 17.2 Å². The number of anilines is 1. The number of benzene rings is 6. The highest BCUT2D eigenvalue weighted by Crippen LogP contribution is 2.66. The first-order valence-electron chi connectivity index (χ1n) is 27.0. The zero-order valence-corrected chi connectivity index (χ0v) is 44.1. The second-order valence-electron chi connectivity index (χ2n) is 21.0. The van der Waals surface area contributed by atoms with Crippen LogP contribution in [0.2, 0.25) is 0 Å². The van der Waals surface area contributed by atoms with Crippen molar-refractivity contribution in [1.82, 2.24) is 15.1 Å². The number of methoxy groups -OCH3 is 2. The van der Waals surface area contributed by atoms with Gasteiger partial charge in [-0.3, -0.25) is 19.3 Å². The lowest BCUT2D eigenvalue weighted by molar-refractivity contribution is -0.179. The molecule has 0 radical (unpaired) electrons. The van der Waals surface area contributed by atoms with Gasteiger partial charge in [0.1, 0.15) is 35.5 Å². The Labute approximate surface area is 454 Å². The van der Waals surface area contributed by atoms with E-state index in [1.165, 1.54) is 0 Å². The molecule has 78 heavy (non-hydrogen) atoms. The Balaban J connectivity index is 1.19. The number of urea groups is 1. The Morgan fingerprint density at radius 2 is 1.42 bits per heavy atom. The van der Waals surface area contributed by atoms with E-state index in [9.17, 15) is 10.2 Å². The van der Waals surface area contributed by atoms with Gasteiger partial charge in [0.25, 0.3) is 0 Å². The Bertz CT molecular complexity index is 3280. The molecule has 4 heterocycles. The second kappa shape index (κ2) is 21.8. The molecule has 14 nitrogen and oxygen atoms in total. The third-order valence-electron chi connectivity index (χ3n) is 16.5. The molecule has 6 aromatic carbocycles. The van der Waals surface area contributed by atoms with Crippen molar-refractivity contribution < 1.29 is 48.3 Å². The van der Waals surface area contributed by atoms with Crippen LogP contribution in [0.15, 0.2) is 146 Å². The topological polar surface area (TPSA) is 167 Å². The standard InChI is InChI=1S/C64H64N4O10/c1-41(43-18-9-6-10-19-43)65-62(73)67-51-27-26-42(28-32-63(74)30-15-4-5-16-31-63)36-50(51)64(61(67)72)54(59(70)66-33-29-46-38-52(75-2)53(76-3)39-48(46)40-66)56-60(71)78-57(45-22-13-8-14-23-45)55(44-20-11-7-12-21-44)68(56)58(64)47-24-17-25-49(37-47)77-35-34-69/h6-14,17-27,36-39,41,54-58,69,74H,4-5,15-16,29-31,33-35,40H2,1-3H3,(H,65,73)/t41-,54+,55+,56+,57-,58-,64+/m1/s1. The molecule has 3 N–H and O–H groups in total. The van der Waals surface area contributed by atoms with Crippen LogP contribution < -0.4 is 24.4 Å². The lowest BCUT2D eigenvalue weighted by Crippen LogP contribution is -2.57. The number of carbonyl (C=O) groups excluding carboxylic acids is 4. The molecule has 1 aliphatic carbocycles. The second-order valence-corrected chi connectivity index (χ2v) is 21.0. The Hall–Kier alpha value is -7.96. The van der Waals surface area contributed by atoms with Gasteiger partial charge in [-0.2, -0.15) is 0 Å². The van der Waals surface area contributed by atoms with E-state index >= 15 is 19.2 Å². The van der Waals surface area contributed by atoms with Crippen LogP contribution in [0.3, 0.4) is 0 Å². The van der Waals surface area contributed by atoms with Gasteiger partial charge in [-0.15, -0.1) is 0 Å². The summed E-state index contributed by atoms with van der Waals surface area (Å²) in [5, 5.41) is 25.0. The van der Waals surface area contributed by atoms with Gasteiger partial charge in [0.05, 0.1) is 50.6 Å². The summed E-state index contributed by atoms with van der Waals surface area (Å²) in [6.45, 7) is 1.88. The third kappa shape index (κ3) is 9.33. The average molecular weight is 1050 g/mol. The highest BCUT2D eigenvalue weighted by molar-refractivity contribution is 6.24. The molecule has 3 fully saturated rings. The maximum atomic E-state index is 17.1. The fraction of sp³-hybridized carbons (Fsp3) is 0.344. The number of nitrogens with zero attached hydrogens (tertiary/aromatic N) is 3. The van der Waals surface area contributed by atoms with E-state index in [-0.39, 0.29) is 32.0 Å². The summed E-state index contributed by atoms with van der Waals surface area (Å²) in [5.74, 6) is 4.47. The van der Waals surface area contributed by atoms with Crippen LogP contribution in [0.1, 0.15) is 114 Å². The number of rotatable bonds is 11. The minimum Gasteiger partial charge on any atom is -0.493 e. The van der Waals surface area contributed by atoms with Crippen molar-refractivity contribution >= 4 is 29.5 Å². The van der Waals surface area contributed by atoms with Crippen molar-refractivity contribution in [3.05, 3.63) is 190 Å². The van der Waals surface area contributed by atoms with Crippen molar-refractivity contribution in [2.75, 3.05) is 38.9 Å². The van der Waals surface area contributed by atoms with Gasteiger partial charge in [-0.1, -0.05) is 128 Å². The molecule has 6 aromatic rings. The number of amides is 4. The van der Waals surface area contributed by atoms with Crippen LogP contribution in [0.25, 0.3) is 0 Å². The average Bonchev–Trinajstić information content (AvgIpc) is 3.14. The van der Waals surface area contributed by atoms with E-state index in [0.29, 0.717) is 58.8 Å². The number of aliphatic hydroxyl groups is 2. The molecule has 5 aliphatic rings. The van der Waals surface area contributed by atoms with Crippen molar-refractivity contribution in [2.24, 2.45) is 5.92 Å². The van der Waals surface area contributed by atoms with E-state index in [1.807, 2.05) is 121 Å². The molecule has 4 amide bonds. The maximum Gasteiger partial charge on any atom is 0.329 e. The number of cyclic esters (lactones) is 1. The number of hydrogen-bond donors (Lipinski definition) is 3. The predicted octanol–water partition coefficient (Wildman–Crippen LogP) is 9.23. The minimum atomic E-state index is -2.08. The van der Waals surface area contributed by atoms with E-state index in [4.69, 9.17) is 18.9 Å². The molecular formula is C64H64N4O10. The van der Waals surface area contributed by atoms with Crippen LogP contribution in [0, 0.1) is 17.8 Å². The van der Waals surface area contributed by atoms with E-state index < -0.39 is 71.0 Å². The first-order valence-corrected chi connectivity index (χ1v) is 27.0. The van der Waals surface area contributed by atoms with Gasteiger partial charge in [-0.05, 0) is 120 Å². The van der Waals surface area contributed by atoms with Crippen LogP contribution in [-0.4, -0.2) is 89.4 Å². The lowest BCUT2D eigenvalue weighted by atomic mass is 9.64. The molecule has 14 heteroatoms. The summed E-state index contributed by atoms with van der Waals surface area (Å²) in [6.07, 6.45) is 4.15. The van der Waals surface area contributed by atoms with Crippen LogP contribution in [0.5, 0.6) is 17.2 Å². The Morgan fingerprint density at radius 1 is 0.769 bits per heavy atom. The highest BCUT2D eigenvalue weighted by Gasteiger charge is 2.76. The summed E-state index contributed by atoms with van der Waals surface area (Å²) in [7, 11) is 3.13. The Morgan fingerprint density at radius 3 is 2.10 bits per heavy atom. The number of hydrogen-bond acceptors (Lipinski definition) is 11. The number of carbonyl (C=O) groups is 4. The number of nitrogens with one attached hydrogen (secondary N) is 1. The molecule has 1 spiro atoms. The van der Waals surface area contributed by atoms with Crippen LogP contribution in [0.4, 0.5) is 10.5 Å². The molecule has 7 atom stereocenters. The van der Waals surface area contributed by atoms with Gasteiger partial charge >= 0.3 is 12.0 Å². The number of esters is 1. The third-order valence-corrected chi connectivity index (χ3v) is 16.5. The predicted molar refractivity (Wildman–Crippen MR) is 293 cm³/mol. The molecule has 4 aliphatic heterocycles. The lowest BCUT2D eigenvalue weighted by Gasteiger charge is -2.46. The monoisotopic (exact) mass is 1050 g/mol. The first kappa shape index (κ1) is 52.1. The molecule has 0 unspecified atom stereocenters. The van der Waals surface area contributed by atoms with Crippen molar-refractivity contribution in [3.8, 4) is 29.1 Å². The fourth-order valence-corrected chi connectivity index (χ4v) is 12.9. The highest BCUT2D eigenvalue weighted by atomic mass is 16.6. The molecule has 2 saturated heterocycles. The molecule has 1 saturated carbocycles. The quantitative estimate of drug-likeness (QED) is 0.0643. The van der Waals surface area contributed by atoms with Gasteiger partial charge in [0.15, 0.2) is 11.5 Å².